The molecule has 0 aliphatic carbocycles. The maximum absolute atomic E-state index is 13.3. The Morgan fingerprint density at radius 1 is 1.21 bits per heavy atom. The summed E-state index contributed by atoms with van der Waals surface area (Å²) in [5.74, 6) is 5.68. The standard InChI is InChI=1S/C25H22N4O5/c1-4-6-18(2)16-27-21(11-10-20-7-5-14-26-24(20)29(32)33)15-23(30)28(25(27)31)17-19-8-12-22(34-3)13-9-19/h4-9,12-15H,1,16-17H2,2-3H3/b18-6+. The van der Waals surface area contributed by atoms with Crippen molar-refractivity contribution in [3.63, 3.8) is 0 Å². The quantitative estimate of drug-likeness (QED) is 0.233. The van der Waals surface area contributed by atoms with Gasteiger partial charge in [0.05, 0.1) is 13.7 Å². The van der Waals surface area contributed by atoms with E-state index in [2.05, 4.69) is 23.4 Å². The summed E-state index contributed by atoms with van der Waals surface area (Å²) in [5.41, 5.74) is 0.678. The van der Waals surface area contributed by atoms with Crippen molar-refractivity contribution in [2.24, 2.45) is 0 Å². The number of methoxy groups -OCH3 is 1. The zero-order valence-electron chi connectivity index (χ0n) is 18.7. The molecule has 0 aliphatic heterocycles. The van der Waals surface area contributed by atoms with Crippen LogP contribution >= 0.6 is 0 Å². The highest BCUT2D eigenvalue weighted by Crippen LogP contribution is 2.13. The maximum Gasteiger partial charge on any atom is 0.379 e. The van der Waals surface area contributed by atoms with Gasteiger partial charge in [-0.05, 0) is 52.6 Å². The molecule has 0 fully saturated rings. The summed E-state index contributed by atoms with van der Waals surface area (Å²) < 4.78 is 7.61. The number of nitrogens with zero attached hydrogens (tertiary/aromatic N) is 4. The summed E-state index contributed by atoms with van der Waals surface area (Å²) in [6.45, 7) is 5.70. The van der Waals surface area contributed by atoms with E-state index in [1.165, 1.54) is 29.0 Å². The summed E-state index contributed by atoms with van der Waals surface area (Å²) in [5, 5.41) is 11.2. The lowest BCUT2D eigenvalue weighted by Crippen LogP contribution is -2.41. The third-order valence-electron chi connectivity index (χ3n) is 4.87. The number of rotatable bonds is 7. The summed E-state index contributed by atoms with van der Waals surface area (Å²) in [7, 11) is 1.55. The third-order valence-corrected chi connectivity index (χ3v) is 4.87. The molecule has 0 unspecified atom stereocenters. The van der Waals surface area contributed by atoms with Crippen LogP contribution in [0.5, 0.6) is 5.75 Å². The molecule has 9 nitrogen and oxygen atoms in total. The molecule has 9 heteroatoms. The molecule has 0 amide bonds. The van der Waals surface area contributed by atoms with Crippen LogP contribution in [0.1, 0.15) is 23.7 Å². The van der Waals surface area contributed by atoms with Gasteiger partial charge in [0.25, 0.3) is 5.56 Å². The topological polar surface area (TPSA) is 109 Å². The molecule has 0 saturated heterocycles. The van der Waals surface area contributed by atoms with Gasteiger partial charge < -0.3 is 14.9 Å². The first kappa shape index (κ1) is 23.9. The van der Waals surface area contributed by atoms with E-state index in [9.17, 15) is 19.7 Å². The van der Waals surface area contributed by atoms with Crippen molar-refractivity contribution in [1.82, 2.24) is 14.1 Å². The van der Waals surface area contributed by atoms with Crippen molar-refractivity contribution in [2.45, 2.75) is 20.0 Å². The molecule has 0 radical (unpaired) electrons. The zero-order valence-corrected chi connectivity index (χ0v) is 18.7. The summed E-state index contributed by atoms with van der Waals surface area (Å²) in [6.07, 6.45) is 4.63. The Balaban J connectivity index is 2.12. The molecular weight excluding hydrogens is 436 g/mol. The van der Waals surface area contributed by atoms with Gasteiger partial charge in [0.2, 0.25) is 0 Å². The van der Waals surface area contributed by atoms with Crippen molar-refractivity contribution in [2.75, 3.05) is 7.11 Å². The van der Waals surface area contributed by atoms with Crippen molar-refractivity contribution >= 4 is 5.82 Å². The lowest BCUT2D eigenvalue weighted by atomic mass is 10.2. The maximum atomic E-state index is 13.3. The van der Waals surface area contributed by atoms with Gasteiger partial charge >= 0.3 is 11.5 Å². The van der Waals surface area contributed by atoms with Crippen molar-refractivity contribution in [1.29, 1.82) is 0 Å². The number of nitro groups is 1. The van der Waals surface area contributed by atoms with Gasteiger partial charge in [0, 0.05) is 12.6 Å². The molecule has 3 rings (SSSR count). The number of pyridine rings is 1. The molecule has 0 spiro atoms. The second-order valence-corrected chi connectivity index (χ2v) is 7.30. The van der Waals surface area contributed by atoms with Crippen LogP contribution in [0.25, 0.3) is 0 Å². The van der Waals surface area contributed by atoms with E-state index >= 15 is 0 Å². The zero-order chi connectivity index (χ0) is 24.7. The van der Waals surface area contributed by atoms with E-state index in [-0.39, 0.29) is 24.3 Å². The Kier molecular flexibility index (Phi) is 7.56. The third kappa shape index (κ3) is 5.55. The Labute approximate surface area is 195 Å². The Morgan fingerprint density at radius 3 is 2.59 bits per heavy atom. The highest BCUT2D eigenvalue weighted by Gasteiger charge is 2.14. The molecule has 0 saturated carbocycles. The largest absolute Gasteiger partial charge is 0.497 e. The number of allylic oxidation sites excluding steroid dienone is 3. The highest BCUT2D eigenvalue weighted by atomic mass is 16.6. The first-order valence-electron chi connectivity index (χ1n) is 10.2. The van der Waals surface area contributed by atoms with Crippen LogP contribution in [0.3, 0.4) is 0 Å². The average Bonchev–Trinajstić information content (AvgIpc) is 2.83. The first-order valence-corrected chi connectivity index (χ1v) is 10.2. The number of ether oxygens (including phenoxy) is 1. The SMILES string of the molecule is C=C/C=C(\C)Cn1c(C#Cc2cccnc2[N+](=O)[O-])cc(=O)n(Cc2ccc(OC)cc2)c1=O. The number of hydrogen-bond acceptors (Lipinski definition) is 6. The van der Waals surface area contributed by atoms with Gasteiger partial charge in [-0.3, -0.25) is 13.9 Å². The minimum absolute atomic E-state index is 0.0632. The van der Waals surface area contributed by atoms with E-state index < -0.39 is 22.0 Å². The van der Waals surface area contributed by atoms with Crippen LogP contribution in [-0.4, -0.2) is 26.2 Å². The molecular formula is C25H22N4O5. The lowest BCUT2D eigenvalue weighted by Gasteiger charge is -2.13. The number of aromatic nitrogens is 3. The molecule has 2 aromatic heterocycles. The minimum atomic E-state index is -0.638. The van der Waals surface area contributed by atoms with Crippen molar-refractivity contribution in [3.8, 4) is 17.6 Å². The minimum Gasteiger partial charge on any atom is -0.497 e. The van der Waals surface area contributed by atoms with E-state index in [4.69, 9.17) is 4.74 Å². The fourth-order valence-corrected chi connectivity index (χ4v) is 3.21. The Hall–Kier alpha value is -4.71. The van der Waals surface area contributed by atoms with Gasteiger partial charge in [-0.25, -0.2) is 4.79 Å². The van der Waals surface area contributed by atoms with Crippen LogP contribution in [-0.2, 0) is 13.1 Å². The van der Waals surface area contributed by atoms with Crippen LogP contribution in [0, 0.1) is 22.0 Å². The normalized spacial score (nSPS) is 10.8. The van der Waals surface area contributed by atoms with Crippen LogP contribution in [0.2, 0.25) is 0 Å². The Morgan fingerprint density at radius 2 is 1.94 bits per heavy atom. The molecule has 1 aromatic carbocycles. The van der Waals surface area contributed by atoms with E-state index in [1.54, 1.807) is 43.5 Å². The van der Waals surface area contributed by atoms with Gasteiger partial charge in [-0.2, -0.15) is 0 Å². The molecule has 0 N–H and O–H groups in total. The monoisotopic (exact) mass is 458 g/mol. The number of hydrogen-bond donors (Lipinski definition) is 0. The van der Waals surface area contributed by atoms with Crippen LogP contribution < -0.4 is 16.0 Å². The summed E-state index contributed by atoms with van der Waals surface area (Å²) >= 11 is 0. The molecule has 172 valence electrons. The van der Waals surface area contributed by atoms with Gasteiger partial charge in [-0.15, -0.1) is 0 Å². The van der Waals surface area contributed by atoms with Gasteiger partial charge in [0.1, 0.15) is 23.2 Å². The average molecular weight is 458 g/mol. The molecule has 0 aliphatic rings. The smallest absolute Gasteiger partial charge is 0.379 e. The molecule has 2 heterocycles. The van der Waals surface area contributed by atoms with Crippen molar-refractivity contribution < 1.29 is 9.66 Å². The number of benzene rings is 1. The van der Waals surface area contributed by atoms with Gasteiger partial charge in [-0.1, -0.05) is 42.4 Å². The van der Waals surface area contributed by atoms with Crippen LogP contribution in [0.4, 0.5) is 5.82 Å². The van der Waals surface area contributed by atoms with Gasteiger partial charge in [0.15, 0.2) is 0 Å². The fraction of sp³-hybridized carbons (Fsp3) is 0.160. The second kappa shape index (κ2) is 10.7. The predicted molar refractivity (Wildman–Crippen MR) is 128 cm³/mol. The van der Waals surface area contributed by atoms with E-state index in [1.807, 2.05) is 6.92 Å². The van der Waals surface area contributed by atoms with E-state index in [0.29, 0.717) is 5.75 Å². The predicted octanol–water partition coefficient (Wildman–Crippen LogP) is 2.90. The second-order valence-electron chi connectivity index (χ2n) is 7.30. The molecule has 3 aromatic rings. The Bertz CT molecular complexity index is 1440. The van der Waals surface area contributed by atoms with E-state index in [0.717, 1.165) is 15.7 Å². The summed E-state index contributed by atoms with van der Waals surface area (Å²) in [4.78, 5) is 40.5. The van der Waals surface area contributed by atoms with Crippen LogP contribution in [0.15, 0.2) is 82.6 Å². The molecule has 34 heavy (non-hydrogen) atoms. The fourth-order valence-electron chi connectivity index (χ4n) is 3.21. The lowest BCUT2D eigenvalue weighted by molar-refractivity contribution is -0.389. The first-order chi connectivity index (χ1) is 16.3. The molecule has 0 bridgehead atoms. The van der Waals surface area contributed by atoms with Crippen molar-refractivity contribution in [3.05, 3.63) is 121 Å². The summed E-state index contributed by atoms with van der Waals surface area (Å²) in [6, 6.07) is 11.3. The molecule has 0 atom stereocenters. The highest BCUT2D eigenvalue weighted by molar-refractivity contribution is 5.48.